The second-order valence-corrected chi connectivity index (χ2v) is 3.27. The summed E-state index contributed by atoms with van der Waals surface area (Å²) >= 11 is 0. The molecule has 1 aliphatic carbocycles. The minimum Gasteiger partial charge on any atom is -0.103 e. The first-order chi connectivity index (χ1) is 7.79. The van der Waals surface area contributed by atoms with Crippen molar-refractivity contribution in [3.63, 3.8) is 0 Å². The van der Waals surface area contributed by atoms with Crippen LogP contribution in [0.4, 0.5) is 0 Å². The Morgan fingerprint density at radius 2 is 1.62 bits per heavy atom. The number of rotatable bonds is 1. The van der Waals surface area contributed by atoms with Crippen LogP contribution in [0.1, 0.15) is 74.1 Å². The predicted molar refractivity (Wildman–Crippen MR) is 80.0 cm³/mol. The van der Waals surface area contributed by atoms with E-state index in [0.29, 0.717) is 0 Å². The van der Waals surface area contributed by atoms with Crippen molar-refractivity contribution in [1.29, 1.82) is 0 Å². The Morgan fingerprint density at radius 1 is 1.19 bits per heavy atom. The summed E-state index contributed by atoms with van der Waals surface area (Å²) in [4.78, 5) is 0. The molecule has 1 atom stereocenters. The molecule has 1 unspecified atom stereocenters. The van der Waals surface area contributed by atoms with Gasteiger partial charge in [0, 0.05) is 0 Å². The minimum atomic E-state index is 0.940. The SMILES string of the molecule is C/C=C1/CCCC1CC.C=CC.CC.CC. The van der Waals surface area contributed by atoms with Gasteiger partial charge in [0.2, 0.25) is 0 Å². The van der Waals surface area contributed by atoms with Gasteiger partial charge in [0.25, 0.3) is 0 Å². The average Bonchev–Trinajstić information content (AvgIpc) is 2.82. The minimum absolute atomic E-state index is 0.940. The highest BCUT2D eigenvalue weighted by molar-refractivity contribution is 5.09. The summed E-state index contributed by atoms with van der Waals surface area (Å²) in [5, 5.41) is 0. The molecule has 0 aliphatic heterocycles. The first kappa shape index (κ1) is 20.8. The Balaban J connectivity index is -0.000000206. The van der Waals surface area contributed by atoms with Crippen LogP contribution in [0.3, 0.4) is 0 Å². The highest BCUT2D eigenvalue weighted by Crippen LogP contribution is 2.32. The van der Waals surface area contributed by atoms with Crippen LogP contribution < -0.4 is 0 Å². The second-order valence-electron chi connectivity index (χ2n) is 3.27. The molecule has 0 heterocycles. The Morgan fingerprint density at radius 3 is 1.88 bits per heavy atom. The summed E-state index contributed by atoms with van der Waals surface area (Å²) < 4.78 is 0. The van der Waals surface area contributed by atoms with Gasteiger partial charge in [-0.3, -0.25) is 0 Å². The van der Waals surface area contributed by atoms with Gasteiger partial charge in [-0.05, 0) is 45.4 Å². The number of allylic oxidation sites excluding steroid dienone is 3. The van der Waals surface area contributed by atoms with Crippen molar-refractivity contribution < 1.29 is 0 Å². The van der Waals surface area contributed by atoms with Crippen LogP contribution >= 0.6 is 0 Å². The van der Waals surface area contributed by atoms with Gasteiger partial charge in [-0.1, -0.05) is 52.3 Å². The molecule has 0 bridgehead atoms. The van der Waals surface area contributed by atoms with Crippen molar-refractivity contribution in [2.24, 2.45) is 5.92 Å². The standard InChI is InChI=1S/C9H16.C3H6.2C2H6/c1-3-8-6-5-7-9(8)4-2;1-3-2;2*1-2/h3,9H,4-7H2,1-2H3;3H,1H2,2H3;2*1-2H3/b8-3-;;;. The molecule has 0 aromatic heterocycles. The van der Waals surface area contributed by atoms with E-state index in [0.717, 1.165) is 5.92 Å². The molecule has 0 aromatic rings. The lowest BCUT2D eigenvalue weighted by Gasteiger charge is -2.06. The maximum Gasteiger partial charge on any atom is -0.0206 e. The Bertz CT molecular complexity index is 142. The summed E-state index contributed by atoms with van der Waals surface area (Å²) in [6.45, 7) is 17.7. The fourth-order valence-corrected chi connectivity index (χ4v) is 1.79. The third kappa shape index (κ3) is 11.6. The van der Waals surface area contributed by atoms with Gasteiger partial charge in [-0.15, -0.1) is 6.58 Å². The predicted octanol–water partition coefficient (Wildman–Crippen LogP) is 6.39. The second kappa shape index (κ2) is 20.0. The lowest BCUT2D eigenvalue weighted by atomic mass is 10.0. The van der Waals surface area contributed by atoms with Crippen molar-refractivity contribution in [1.82, 2.24) is 0 Å². The molecule has 0 heteroatoms. The number of hydrogen-bond donors (Lipinski definition) is 0. The van der Waals surface area contributed by atoms with E-state index < -0.39 is 0 Å². The van der Waals surface area contributed by atoms with Crippen LogP contribution in [0.2, 0.25) is 0 Å². The van der Waals surface area contributed by atoms with Crippen molar-refractivity contribution >= 4 is 0 Å². The fraction of sp³-hybridized carbons (Fsp3) is 0.750. The molecule has 1 rings (SSSR count). The smallest absolute Gasteiger partial charge is 0.0206 e. The van der Waals surface area contributed by atoms with Crippen molar-refractivity contribution in [2.45, 2.75) is 74.1 Å². The number of hydrogen-bond acceptors (Lipinski definition) is 0. The van der Waals surface area contributed by atoms with E-state index >= 15 is 0 Å². The van der Waals surface area contributed by atoms with Crippen LogP contribution in [-0.4, -0.2) is 0 Å². The highest BCUT2D eigenvalue weighted by Gasteiger charge is 2.17. The Labute approximate surface area is 105 Å². The Hall–Kier alpha value is -0.520. The maximum atomic E-state index is 3.36. The monoisotopic (exact) mass is 226 g/mol. The van der Waals surface area contributed by atoms with Gasteiger partial charge in [-0.2, -0.15) is 0 Å². The van der Waals surface area contributed by atoms with E-state index in [4.69, 9.17) is 0 Å². The van der Waals surface area contributed by atoms with Crippen LogP contribution in [0.5, 0.6) is 0 Å². The molecular formula is C16H34. The summed E-state index contributed by atoms with van der Waals surface area (Å²) in [6, 6.07) is 0. The fourth-order valence-electron chi connectivity index (χ4n) is 1.79. The van der Waals surface area contributed by atoms with Crippen LogP contribution in [0, 0.1) is 5.92 Å². The van der Waals surface area contributed by atoms with Crippen molar-refractivity contribution in [3.05, 3.63) is 24.3 Å². The average molecular weight is 226 g/mol. The molecular weight excluding hydrogens is 192 g/mol. The van der Waals surface area contributed by atoms with E-state index in [-0.39, 0.29) is 0 Å². The molecule has 16 heavy (non-hydrogen) atoms. The maximum absolute atomic E-state index is 3.36. The van der Waals surface area contributed by atoms with Crippen LogP contribution in [0.15, 0.2) is 24.3 Å². The largest absolute Gasteiger partial charge is 0.103 e. The topological polar surface area (TPSA) is 0 Å². The zero-order valence-electron chi connectivity index (χ0n) is 12.8. The Kier molecular flexibility index (Phi) is 26.0. The zero-order valence-corrected chi connectivity index (χ0v) is 12.8. The normalized spacial score (nSPS) is 19.4. The summed E-state index contributed by atoms with van der Waals surface area (Å²) in [6.07, 6.45) is 9.64. The van der Waals surface area contributed by atoms with Crippen molar-refractivity contribution in [2.75, 3.05) is 0 Å². The lowest BCUT2D eigenvalue weighted by Crippen LogP contribution is -1.92. The van der Waals surface area contributed by atoms with Crippen LogP contribution in [-0.2, 0) is 0 Å². The van der Waals surface area contributed by atoms with E-state index in [1.54, 1.807) is 11.6 Å². The van der Waals surface area contributed by atoms with Gasteiger partial charge in [0.15, 0.2) is 0 Å². The third-order valence-electron chi connectivity index (χ3n) is 2.41. The molecule has 0 radical (unpaired) electrons. The molecule has 0 spiro atoms. The molecule has 0 N–H and O–H groups in total. The van der Waals surface area contributed by atoms with Gasteiger partial charge in [-0.25, -0.2) is 0 Å². The molecule has 0 nitrogen and oxygen atoms in total. The molecule has 0 saturated heterocycles. The van der Waals surface area contributed by atoms with Crippen LogP contribution in [0.25, 0.3) is 0 Å². The molecule has 1 fully saturated rings. The summed E-state index contributed by atoms with van der Waals surface area (Å²) in [5.41, 5.74) is 1.71. The van der Waals surface area contributed by atoms with E-state index in [9.17, 15) is 0 Å². The molecule has 1 saturated carbocycles. The van der Waals surface area contributed by atoms with E-state index in [2.05, 4.69) is 26.5 Å². The molecule has 98 valence electrons. The summed E-state index contributed by atoms with van der Waals surface area (Å²) in [5.74, 6) is 0.940. The van der Waals surface area contributed by atoms with Gasteiger partial charge >= 0.3 is 0 Å². The van der Waals surface area contributed by atoms with E-state index in [1.165, 1.54) is 25.7 Å². The van der Waals surface area contributed by atoms with E-state index in [1.807, 2.05) is 34.6 Å². The molecule has 0 aromatic carbocycles. The lowest BCUT2D eigenvalue weighted by molar-refractivity contribution is 0.605. The van der Waals surface area contributed by atoms with Gasteiger partial charge in [0.1, 0.15) is 0 Å². The summed E-state index contributed by atoms with van der Waals surface area (Å²) in [7, 11) is 0. The zero-order chi connectivity index (χ0) is 13.4. The third-order valence-corrected chi connectivity index (χ3v) is 2.41. The molecule has 0 amide bonds. The van der Waals surface area contributed by atoms with Gasteiger partial charge in [0.05, 0.1) is 0 Å². The first-order valence-corrected chi connectivity index (χ1v) is 7.02. The highest BCUT2D eigenvalue weighted by atomic mass is 14.2. The quantitative estimate of drug-likeness (QED) is 0.455. The molecule has 1 aliphatic rings. The van der Waals surface area contributed by atoms with Crippen molar-refractivity contribution in [3.8, 4) is 0 Å². The first-order valence-electron chi connectivity index (χ1n) is 7.02. The van der Waals surface area contributed by atoms with Gasteiger partial charge < -0.3 is 0 Å².